The Morgan fingerprint density at radius 1 is 1.33 bits per heavy atom. The number of anilines is 1. The predicted octanol–water partition coefficient (Wildman–Crippen LogP) is 2.08. The van der Waals surface area contributed by atoms with Gasteiger partial charge in [-0.05, 0) is 19.1 Å². The molecule has 0 aliphatic carbocycles. The number of aromatic amines is 1. The summed E-state index contributed by atoms with van der Waals surface area (Å²) in [7, 11) is 0. The number of amides is 2. The summed E-state index contributed by atoms with van der Waals surface area (Å²) < 4.78 is 0. The van der Waals surface area contributed by atoms with Crippen molar-refractivity contribution in [3.05, 3.63) is 48.0 Å². The molecule has 5 heteroatoms. The summed E-state index contributed by atoms with van der Waals surface area (Å²) in [5.74, 6) is 0.866. The second-order valence-corrected chi connectivity index (χ2v) is 4.03. The maximum atomic E-state index is 11.6. The van der Waals surface area contributed by atoms with Crippen LogP contribution in [-0.2, 0) is 6.42 Å². The molecule has 3 N–H and O–H groups in total. The van der Waals surface area contributed by atoms with E-state index in [1.54, 1.807) is 12.4 Å². The number of nitrogens with zero attached hydrogens (tertiary/aromatic N) is 1. The first-order chi connectivity index (χ1) is 8.74. The summed E-state index contributed by atoms with van der Waals surface area (Å²) in [5, 5.41) is 5.54. The molecule has 0 saturated carbocycles. The summed E-state index contributed by atoms with van der Waals surface area (Å²) in [6.07, 6.45) is 4.15. The molecule has 5 nitrogen and oxygen atoms in total. The molecule has 0 fully saturated rings. The molecule has 1 aromatic heterocycles. The van der Waals surface area contributed by atoms with Gasteiger partial charge in [-0.15, -0.1) is 0 Å². The molecule has 0 aliphatic heterocycles. The normalized spacial score (nSPS) is 10.1. The largest absolute Gasteiger partial charge is 0.349 e. The van der Waals surface area contributed by atoms with Gasteiger partial charge >= 0.3 is 6.03 Å². The van der Waals surface area contributed by atoms with Crippen molar-refractivity contribution in [3.8, 4) is 0 Å². The van der Waals surface area contributed by atoms with Crippen LogP contribution >= 0.6 is 0 Å². The smallest absolute Gasteiger partial charge is 0.319 e. The standard InChI is InChI=1S/C13H16N4O/c1-10-2-4-11(5-3-10)17-13(18)16-7-6-12-14-8-9-15-12/h2-5,8-9H,6-7H2,1H3,(H,14,15)(H2,16,17,18). The molecule has 0 radical (unpaired) electrons. The lowest BCUT2D eigenvalue weighted by Crippen LogP contribution is -2.30. The Kier molecular flexibility index (Phi) is 3.96. The number of aryl methyl sites for hydroxylation is 1. The molecule has 1 aromatic carbocycles. The Hall–Kier alpha value is -2.30. The zero-order chi connectivity index (χ0) is 12.8. The predicted molar refractivity (Wildman–Crippen MR) is 70.5 cm³/mol. The van der Waals surface area contributed by atoms with Crippen molar-refractivity contribution in [2.75, 3.05) is 11.9 Å². The summed E-state index contributed by atoms with van der Waals surface area (Å²) >= 11 is 0. The van der Waals surface area contributed by atoms with Gasteiger partial charge in [0.15, 0.2) is 0 Å². The van der Waals surface area contributed by atoms with Crippen LogP contribution in [0.25, 0.3) is 0 Å². The van der Waals surface area contributed by atoms with Crippen LogP contribution in [0.2, 0.25) is 0 Å². The number of H-pyrrole nitrogens is 1. The number of rotatable bonds is 4. The average Bonchev–Trinajstić information content (AvgIpc) is 2.85. The summed E-state index contributed by atoms with van der Waals surface area (Å²) in [6, 6.07) is 7.46. The van der Waals surface area contributed by atoms with Gasteiger partial charge in [0.2, 0.25) is 0 Å². The van der Waals surface area contributed by atoms with E-state index >= 15 is 0 Å². The highest BCUT2D eigenvalue weighted by atomic mass is 16.2. The molecular formula is C13H16N4O. The molecule has 0 saturated heterocycles. The van der Waals surface area contributed by atoms with Crippen LogP contribution in [0.1, 0.15) is 11.4 Å². The minimum Gasteiger partial charge on any atom is -0.349 e. The van der Waals surface area contributed by atoms with Gasteiger partial charge in [0.1, 0.15) is 5.82 Å². The topological polar surface area (TPSA) is 69.8 Å². The van der Waals surface area contributed by atoms with E-state index in [1.165, 1.54) is 5.56 Å². The fourth-order valence-electron chi connectivity index (χ4n) is 1.54. The van der Waals surface area contributed by atoms with E-state index in [9.17, 15) is 4.79 Å². The van der Waals surface area contributed by atoms with Crippen LogP contribution in [0, 0.1) is 6.92 Å². The molecule has 0 spiro atoms. The van der Waals surface area contributed by atoms with Crippen molar-refractivity contribution in [1.29, 1.82) is 0 Å². The Morgan fingerprint density at radius 3 is 2.78 bits per heavy atom. The minimum atomic E-state index is -0.203. The third kappa shape index (κ3) is 3.62. The molecule has 2 aromatic rings. The number of imidazole rings is 1. The van der Waals surface area contributed by atoms with Crippen molar-refractivity contribution in [2.24, 2.45) is 0 Å². The Balaban J connectivity index is 1.73. The Bertz CT molecular complexity index is 490. The van der Waals surface area contributed by atoms with E-state index < -0.39 is 0 Å². The van der Waals surface area contributed by atoms with Crippen LogP contribution in [0.3, 0.4) is 0 Å². The van der Waals surface area contributed by atoms with E-state index in [1.807, 2.05) is 31.2 Å². The Labute approximate surface area is 106 Å². The molecule has 0 aliphatic rings. The summed E-state index contributed by atoms with van der Waals surface area (Å²) in [6.45, 7) is 2.55. The van der Waals surface area contributed by atoms with Gasteiger partial charge in [-0.25, -0.2) is 9.78 Å². The van der Waals surface area contributed by atoms with Crippen molar-refractivity contribution in [3.63, 3.8) is 0 Å². The molecule has 0 bridgehead atoms. The van der Waals surface area contributed by atoms with Gasteiger partial charge in [0.25, 0.3) is 0 Å². The third-order valence-electron chi connectivity index (χ3n) is 2.51. The SMILES string of the molecule is Cc1ccc(NC(=O)NCCc2ncc[nH]2)cc1. The molecule has 2 rings (SSSR count). The van der Waals surface area contributed by atoms with Gasteiger partial charge < -0.3 is 15.6 Å². The van der Waals surface area contributed by atoms with Crippen molar-refractivity contribution >= 4 is 11.7 Å². The zero-order valence-corrected chi connectivity index (χ0v) is 10.2. The molecule has 0 unspecified atom stereocenters. The maximum absolute atomic E-state index is 11.6. The first-order valence-corrected chi connectivity index (χ1v) is 5.84. The van der Waals surface area contributed by atoms with E-state index in [0.717, 1.165) is 11.5 Å². The lowest BCUT2D eigenvalue weighted by molar-refractivity contribution is 0.252. The molecule has 18 heavy (non-hydrogen) atoms. The fourth-order valence-corrected chi connectivity index (χ4v) is 1.54. The number of carbonyl (C=O) groups excluding carboxylic acids is 1. The molecular weight excluding hydrogens is 228 g/mol. The second kappa shape index (κ2) is 5.86. The van der Waals surface area contributed by atoms with E-state index in [-0.39, 0.29) is 6.03 Å². The van der Waals surface area contributed by atoms with Crippen LogP contribution in [-0.4, -0.2) is 22.5 Å². The zero-order valence-electron chi connectivity index (χ0n) is 10.2. The fraction of sp³-hybridized carbons (Fsp3) is 0.231. The number of benzene rings is 1. The lowest BCUT2D eigenvalue weighted by atomic mass is 10.2. The first-order valence-electron chi connectivity index (χ1n) is 5.84. The van der Waals surface area contributed by atoms with Gasteiger partial charge in [-0.3, -0.25) is 0 Å². The Morgan fingerprint density at radius 2 is 2.11 bits per heavy atom. The van der Waals surface area contributed by atoms with Crippen LogP contribution in [0.4, 0.5) is 10.5 Å². The number of hydrogen-bond donors (Lipinski definition) is 3. The number of carbonyl (C=O) groups is 1. The minimum absolute atomic E-state index is 0.203. The van der Waals surface area contributed by atoms with E-state index in [0.29, 0.717) is 13.0 Å². The number of nitrogens with one attached hydrogen (secondary N) is 3. The second-order valence-electron chi connectivity index (χ2n) is 4.03. The number of hydrogen-bond acceptors (Lipinski definition) is 2. The third-order valence-corrected chi connectivity index (χ3v) is 2.51. The first kappa shape index (κ1) is 12.2. The molecule has 1 heterocycles. The highest BCUT2D eigenvalue weighted by Crippen LogP contribution is 2.07. The highest BCUT2D eigenvalue weighted by Gasteiger charge is 2.01. The van der Waals surface area contributed by atoms with Crippen LogP contribution < -0.4 is 10.6 Å². The monoisotopic (exact) mass is 244 g/mol. The van der Waals surface area contributed by atoms with Crippen LogP contribution in [0.15, 0.2) is 36.7 Å². The average molecular weight is 244 g/mol. The van der Waals surface area contributed by atoms with Crippen molar-refractivity contribution in [1.82, 2.24) is 15.3 Å². The molecule has 2 amide bonds. The van der Waals surface area contributed by atoms with E-state index in [4.69, 9.17) is 0 Å². The van der Waals surface area contributed by atoms with Crippen LogP contribution in [0.5, 0.6) is 0 Å². The number of aromatic nitrogens is 2. The highest BCUT2D eigenvalue weighted by molar-refractivity contribution is 5.89. The summed E-state index contributed by atoms with van der Waals surface area (Å²) in [5.41, 5.74) is 1.95. The molecule has 0 atom stereocenters. The number of urea groups is 1. The summed E-state index contributed by atoms with van der Waals surface area (Å²) in [4.78, 5) is 18.6. The van der Waals surface area contributed by atoms with Gasteiger partial charge in [0, 0.05) is 31.0 Å². The van der Waals surface area contributed by atoms with Gasteiger partial charge in [0.05, 0.1) is 0 Å². The lowest BCUT2D eigenvalue weighted by Gasteiger charge is -2.07. The molecule has 94 valence electrons. The van der Waals surface area contributed by atoms with Gasteiger partial charge in [-0.2, -0.15) is 0 Å². The van der Waals surface area contributed by atoms with Gasteiger partial charge in [-0.1, -0.05) is 17.7 Å². The maximum Gasteiger partial charge on any atom is 0.319 e. The quantitative estimate of drug-likeness (QED) is 0.770. The van der Waals surface area contributed by atoms with E-state index in [2.05, 4.69) is 20.6 Å². The van der Waals surface area contributed by atoms with Crippen molar-refractivity contribution < 1.29 is 4.79 Å². The van der Waals surface area contributed by atoms with Crippen molar-refractivity contribution in [2.45, 2.75) is 13.3 Å².